The molecule has 2 aromatic rings. The van der Waals surface area contributed by atoms with Crippen molar-refractivity contribution in [2.75, 3.05) is 20.8 Å². The zero-order chi connectivity index (χ0) is 20.7. The number of rotatable bonds is 8. The van der Waals surface area contributed by atoms with Crippen LogP contribution in [0.5, 0.6) is 17.2 Å². The average Bonchev–Trinajstić information content (AvgIpc) is 2.70. The first-order chi connectivity index (χ1) is 13.3. The van der Waals surface area contributed by atoms with Crippen LogP contribution in [0.1, 0.15) is 43.4 Å². The van der Waals surface area contributed by atoms with E-state index in [-0.39, 0.29) is 12.5 Å². The molecule has 1 amide bonds. The molecule has 0 heterocycles. The van der Waals surface area contributed by atoms with Crippen LogP contribution in [0.15, 0.2) is 41.5 Å². The molecule has 0 spiro atoms. The first-order valence-electron chi connectivity index (χ1n) is 9.14. The van der Waals surface area contributed by atoms with Crippen molar-refractivity contribution < 1.29 is 19.0 Å². The van der Waals surface area contributed by atoms with Gasteiger partial charge < -0.3 is 14.2 Å². The van der Waals surface area contributed by atoms with Crippen LogP contribution in [0, 0.1) is 6.92 Å². The van der Waals surface area contributed by atoms with Crippen LogP contribution in [0.3, 0.4) is 0 Å². The smallest absolute Gasteiger partial charge is 0.277 e. The Morgan fingerprint density at radius 3 is 2.36 bits per heavy atom. The van der Waals surface area contributed by atoms with Crippen molar-refractivity contribution in [1.29, 1.82) is 0 Å². The maximum atomic E-state index is 12.1. The summed E-state index contributed by atoms with van der Waals surface area (Å²) < 4.78 is 16.2. The van der Waals surface area contributed by atoms with E-state index in [1.165, 1.54) is 0 Å². The fraction of sp³-hybridized carbons (Fsp3) is 0.364. The van der Waals surface area contributed by atoms with E-state index in [4.69, 9.17) is 14.2 Å². The lowest BCUT2D eigenvalue weighted by molar-refractivity contribution is -0.123. The molecule has 0 saturated carbocycles. The van der Waals surface area contributed by atoms with Gasteiger partial charge in [-0.05, 0) is 49.6 Å². The Balaban J connectivity index is 2.00. The molecule has 0 fully saturated rings. The van der Waals surface area contributed by atoms with Gasteiger partial charge in [-0.2, -0.15) is 5.10 Å². The third kappa shape index (κ3) is 5.49. The van der Waals surface area contributed by atoms with Gasteiger partial charge in [0.05, 0.1) is 19.9 Å². The standard InChI is InChI=1S/C22H28N2O4/c1-14(2)18-11-15(3)7-9-19(18)28-13-22(25)24-23-16(4)17-8-10-20(26-5)21(12-17)27-6/h7-12,14H,13H2,1-6H3,(H,24,25). The maximum Gasteiger partial charge on any atom is 0.277 e. The van der Waals surface area contributed by atoms with Crippen molar-refractivity contribution in [2.24, 2.45) is 5.10 Å². The molecule has 1 N–H and O–H groups in total. The first-order valence-corrected chi connectivity index (χ1v) is 9.14. The number of nitrogens with one attached hydrogen (secondary N) is 1. The Morgan fingerprint density at radius 2 is 1.71 bits per heavy atom. The van der Waals surface area contributed by atoms with Crippen molar-refractivity contribution in [3.05, 3.63) is 53.1 Å². The van der Waals surface area contributed by atoms with E-state index in [2.05, 4.69) is 30.4 Å². The van der Waals surface area contributed by atoms with Crippen LogP contribution >= 0.6 is 0 Å². The van der Waals surface area contributed by atoms with Gasteiger partial charge in [-0.1, -0.05) is 31.5 Å². The second kappa shape index (κ2) is 9.78. The van der Waals surface area contributed by atoms with Crippen molar-refractivity contribution in [3.63, 3.8) is 0 Å². The molecule has 6 nitrogen and oxygen atoms in total. The summed E-state index contributed by atoms with van der Waals surface area (Å²) >= 11 is 0. The highest BCUT2D eigenvalue weighted by Crippen LogP contribution is 2.28. The summed E-state index contributed by atoms with van der Waals surface area (Å²) in [6, 6.07) is 11.4. The van der Waals surface area contributed by atoms with Crippen LogP contribution < -0.4 is 19.6 Å². The van der Waals surface area contributed by atoms with Gasteiger partial charge in [-0.3, -0.25) is 4.79 Å². The Labute approximate surface area is 166 Å². The quantitative estimate of drug-likeness (QED) is 0.551. The topological polar surface area (TPSA) is 69.2 Å². The molecule has 0 aliphatic heterocycles. The van der Waals surface area contributed by atoms with Gasteiger partial charge in [-0.25, -0.2) is 5.43 Å². The molecule has 0 saturated heterocycles. The molecule has 0 aliphatic carbocycles. The molecule has 0 atom stereocenters. The fourth-order valence-corrected chi connectivity index (χ4v) is 2.70. The lowest BCUT2D eigenvalue weighted by Crippen LogP contribution is -2.26. The molecular weight excluding hydrogens is 356 g/mol. The molecule has 2 rings (SSSR count). The minimum Gasteiger partial charge on any atom is -0.493 e. The lowest BCUT2D eigenvalue weighted by atomic mass is 10.00. The van der Waals surface area contributed by atoms with Gasteiger partial charge in [0, 0.05) is 5.56 Å². The van der Waals surface area contributed by atoms with Crippen molar-refractivity contribution in [2.45, 2.75) is 33.6 Å². The molecule has 0 aromatic heterocycles. The van der Waals surface area contributed by atoms with Gasteiger partial charge in [0.25, 0.3) is 5.91 Å². The predicted molar refractivity (Wildman–Crippen MR) is 111 cm³/mol. The number of carbonyl (C=O) groups excluding carboxylic acids is 1. The van der Waals surface area contributed by atoms with Crippen molar-refractivity contribution >= 4 is 11.6 Å². The Morgan fingerprint density at radius 1 is 1.04 bits per heavy atom. The van der Waals surface area contributed by atoms with Gasteiger partial charge in [0.2, 0.25) is 0 Å². The number of methoxy groups -OCH3 is 2. The van der Waals surface area contributed by atoms with Crippen LogP contribution in [0.2, 0.25) is 0 Å². The average molecular weight is 384 g/mol. The van der Waals surface area contributed by atoms with Gasteiger partial charge in [-0.15, -0.1) is 0 Å². The van der Waals surface area contributed by atoms with E-state index in [0.29, 0.717) is 23.1 Å². The van der Waals surface area contributed by atoms with E-state index in [1.807, 2.05) is 31.2 Å². The molecular formula is C22H28N2O4. The molecule has 150 valence electrons. The Bertz CT molecular complexity index is 860. The van der Waals surface area contributed by atoms with Gasteiger partial charge in [0.15, 0.2) is 18.1 Å². The summed E-state index contributed by atoms with van der Waals surface area (Å²) in [5.74, 6) is 1.94. The maximum absolute atomic E-state index is 12.1. The highest BCUT2D eigenvalue weighted by molar-refractivity contribution is 5.99. The van der Waals surface area contributed by atoms with Crippen LogP contribution in [-0.2, 0) is 4.79 Å². The number of ether oxygens (including phenoxy) is 3. The van der Waals surface area contributed by atoms with E-state index in [9.17, 15) is 4.79 Å². The summed E-state index contributed by atoms with van der Waals surface area (Å²) in [4.78, 5) is 12.1. The van der Waals surface area contributed by atoms with Crippen LogP contribution in [0.4, 0.5) is 0 Å². The highest BCUT2D eigenvalue weighted by Gasteiger charge is 2.11. The van der Waals surface area contributed by atoms with Crippen molar-refractivity contribution in [3.8, 4) is 17.2 Å². The summed E-state index contributed by atoms with van der Waals surface area (Å²) in [5, 5.41) is 4.15. The van der Waals surface area contributed by atoms with Gasteiger partial charge in [0.1, 0.15) is 5.75 Å². The van der Waals surface area contributed by atoms with Crippen molar-refractivity contribution in [1.82, 2.24) is 5.43 Å². The van der Waals surface area contributed by atoms with E-state index >= 15 is 0 Å². The summed E-state index contributed by atoms with van der Waals surface area (Å²) in [6.07, 6.45) is 0. The minimum absolute atomic E-state index is 0.106. The monoisotopic (exact) mass is 384 g/mol. The fourth-order valence-electron chi connectivity index (χ4n) is 2.70. The molecule has 0 aliphatic rings. The normalized spacial score (nSPS) is 11.3. The van der Waals surface area contributed by atoms with E-state index < -0.39 is 0 Å². The Kier molecular flexibility index (Phi) is 7.44. The molecule has 28 heavy (non-hydrogen) atoms. The SMILES string of the molecule is COc1ccc(C(C)=NNC(=O)COc2ccc(C)cc2C(C)C)cc1OC. The number of aryl methyl sites for hydroxylation is 1. The first kappa shape index (κ1) is 21.3. The second-order valence-electron chi connectivity index (χ2n) is 6.79. The Hall–Kier alpha value is -3.02. The number of hydrogen-bond donors (Lipinski definition) is 1. The third-order valence-corrected chi connectivity index (χ3v) is 4.30. The number of hydrazone groups is 1. The predicted octanol–water partition coefficient (Wildman–Crippen LogP) is 4.05. The van der Waals surface area contributed by atoms with Crippen LogP contribution in [0.25, 0.3) is 0 Å². The van der Waals surface area contributed by atoms with E-state index in [0.717, 1.165) is 22.4 Å². The largest absolute Gasteiger partial charge is 0.493 e. The second-order valence-corrected chi connectivity index (χ2v) is 6.79. The minimum atomic E-state index is -0.324. The molecule has 0 radical (unpaired) electrons. The number of benzene rings is 2. The summed E-state index contributed by atoms with van der Waals surface area (Å²) in [7, 11) is 3.15. The third-order valence-electron chi connectivity index (χ3n) is 4.30. The number of hydrogen-bond acceptors (Lipinski definition) is 5. The van der Waals surface area contributed by atoms with Crippen LogP contribution in [-0.4, -0.2) is 32.4 Å². The molecule has 0 unspecified atom stereocenters. The number of nitrogens with zero attached hydrogens (tertiary/aromatic N) is 1. The summed E-state index contributed by atoms with van der Waals surface area (Å²) in [6.45, 7) is 7.93. The zero-order valence-electron chi connectivity index (χ0n) is 17.3. The van der Waals surface area contributed by atoms with Gasteiger partial charge >= 0.3 is 0 Å². The van der Waals surface area contributed by atoms with E-state index in [1.54, 1.807) is 27.2 Å². The summed E-state index contributed by atoms with van der Waals surface area (Å²) in [5.41, 5.74) is 6.24. The molecule has 0 bridgehead atoms. The zero-order valence-corrected chi connectivity index (χ0v) is 17.3. The molecule has 2 aromatic carbocycles. The number of amides is 1. The number of carbonyl (C=O) groups is 1. The molecule has 6 heteroatoms. The highest BCUT2D eigenvalue weighted by atomic mass is 16.5. The lowest BCUT2D eigenvalue weighted by Gasteiger charge is -2.14.